The van der Waals surface area contributed by atoms with Gasteiger partial charge in [-0.25, -0.2) is 0 Å². The molecule has 0 N–H and O–H groups in total. The summed E-state index contributed by atoms with van der Waals surface area (Å²) < 4.78 is 0. The normalized spacial score (nSPS) is 21.9. The van der Waals surface area contributed by atoms with Gasteiger partial charge in [-0.1, -0.05) is 54.1 Å². The summed E-state index contributed by atoms with van der Waals surface area (Å²) in [5, 5.41) is 9.71. The molecular weight excluding hydrogens is 296 g/mol. The van der Waals surface area contributed by atoms with E-state index in [2.05, 4.69) is 11.1 Å². The molecule has 1 unspecified atom stereocenters. The van der Waals surface area contributed by atoms with Crippen LogP contribution in [0.4, 0.5) is 0 Å². The zero-order valence-corrected chi connectivity index (χ0v) is 13.6. The van der Waals surface area contributed by atoms with Gasteiger partial charge in [0, 0.05) is 28.3 Å². The molecule has 0 fully saturated rings. The van der Waals surface area contributed by atoms with Crippen LogP contribution in [0.3, 0.4) is 0 Å². The van der Waals surface area contributed by atoms with E-state index in [1.165, 1.54) is 0 Å². The topological polar surface area (TPSA) is 53.2 Å². The summed E-state index contributed by atoms with van der Waals surface area (Å²) in [7, 11) is 0. The van der Waals surface area contributed by atoms with Crippen LogP contribution in [0.1, 0.15) is 39.9 Å². The smallest absolute Gasteiger partial charge is 0.192 e. The third-order valence-corrected chi connectivity index (χ3v) is 4.88. The largest absolute Gasteiger partial charge is 0.289 e. The Morgan fingerprint density at radius 2 is 1.67 bits per heavy atom. The van der Waals surface area contributed by atoms with Crippen LogP contribution in [0.25, 0.3) is 5.70 Å². The monoisotopic (exact) mass is 312 g/mol. The van der Waals surface area contributed by atoms with Crippen LogP contribution in [0, 0.1) is 24.2 Å². The lowest BCUT2D eigenvalue weighted by Crippen LogP contribution is -2.26. The number of carbonyl (C=O) groups is 1. The van der Waals surface area contributed by atoms with Crippen LogP contribution in [-0.2, 0) is 0 Å². The van der Waals surface area contributed by atoms with Gasteiger partial charge in [0.05, 0.1) is 17.7 Å². The Morgan fingerprint density at radius 3 is 2.33 bits per heavy atom. The van der Waals surface area contributed by atoms with Crippen molar-refractivity contribution in [3.63, 3.8) is 0 Å². The summed E-state index contributed by atoms with van der Waals surface area (Å²) in [5.41, 5.74) is 5.90. The lowest BCUT2D eigenvalue weighted by molar-refractivity contribution is 0.103. The zero-order valence-electron chi connectivity index (χ0n) is 13.6. The van der Waals surface area contributed by atoms with Gasteiger partial charge in [0.2, 0.25) is 0 Å². The number of aryl methyl sites for hydroxylation is 1. The molecule has 1 heterocycles. The maximum absolute atomic E-state index is 13.0. The number of hydrogen-bond acceptors (Lipinski definition) is 3. The Morgan fingerprint density at radius 1 is 1.00 bits per heavy atom. The quantitative estimate of drug-likeness (QED) is 0.788. The second kappa shape index (κ2) is 5.28. The molecule has 24 heavy (non-hydrogen) atoms. The molecule has 2 aromatic rings. The van der Waals surface area contributed by atoms with E-state index in [9.17, 15) is 10.1 Å². The number of ketones is 1. The van der Waals surface area contributed by atoms with E-state index in [4.69, 9.17) is 0 Å². The predicted octanol–water partition coefficient (Wildman–Crippen LogP) is 4.30. The minimum absolute atomic E-state index is 0.00248. The molecule has 1 aliphatic carbocycles. The van der Waals surface area contributed by atoms with Crippen LogP contribution in [0.5, 0.6) is 0 Å². The van der Waals surface area contributed by atoms with Gasteiger partial charge in [0.1, 0.15) is 0 Å². The molecule has 0 radical (unpaired) electrons. The molecule has 4 rings (SSSR count). The molecule has 0 aromatic heterocycles. The van der Waals surface area contributed by atoms with Crippen molar-refractivity contribution in [3.05, 3.63) is 76.4 Å². The van der Waals surface area contributed by atoms with E-state index in [1.54, 1.807) is 0 Å². The van der Waals surface area contributed by atoms with Gasteiger partial charge in [0.15, 0.2) is 5.78 Å². The second-order valence-corrected chi connectivity index (χ2v) is 6.39. The third-order valence-electron chi connectivity index (χ3n) is 4.88. The summed E-state index contributed by atoms with van der Waals surface area (Å²) in [4.78, 5) is 17.6. The number of carbonyl (C=O) groups excluding carboxylic acids is 1. The highest BCUT2D eigenvalue weighted by atomic mass is 16.1. The summed E-state index contributed by atoms with van der Waals surface area (Å²) in [6.07, 6.45) is 0. The lowest BCUT2D eigenvalue weighted by atomic mass is 9.76. The number of nitriles is 1. The van der Waals surface area contributed by atoms with E-state index < -0.39 is 5.92 Å². The van der Waals surface area contributed by atoms with Crippen LogP contribution >= 0.6 is 0 Å². The van der Waals surface area contributed by atoms with Crippen molar-refractivity contribution in [1.29, 1.82) is 5.26 Å². The molecule has 2 aliphatic rings. The van der Waals surface area contributed by atoms with Crippen molar-refractivity contribution < 1.29 is 4.79 Å². The van der Waals surface area contributed by atoms with Gasteiger partial charge >= 0.3 is 0 Å². The van der Waals surface area contributed by atoms with Gasteiger partial charge in [-0.2, -0.15) is 5.26 Å². The first-order chi connectivity index (χ1) is 11.6. The Kier molecular flexibility index (Phi) is 3.21. The molecule has 0 saturated carbocycles. The van der Waals surface area contributed by atoms with Crippen molar-refractivity contribution in [2.24, 2.45) is 10.9 Å². The fraction of sp³-hybridized carbons (Fsp3) is 0.190. The fourth-order valence-corrected chi connectivity index (χ4v) is 3.65. The predicted molar refractivity (Wildman–Crippen MR) is 93.8 cm³/mol. The van der Waals surface area contributed by atoms with Gasteiger partial charge < -0.3 is 0 Å². The molecule has 0 amide bonds. The molecule has 0 bridgehead atoms. The van der Waals surface area contributed by atoms with Gasteiger partial charge in [-0.15, -0.1) is 0 Å². The van der Waals surface area contributed by atoms with Crippen LogP contribution in [0.15, 0.2) is 59.1 Å². The van der Waals surface area contributed by atoms with Crippen molar-refractivity contribution in [1.82, 2.24) is 0 Å². The van der Waals surface area contributed by atoms with Gasteiger partial charge in [-0.3, -0.25) is 9.79 Å². The SMILES string of the molecule is CC1=NC2=C(C(=O)c3ccccc32)[C@H](c2ccc(C)cc2)C1C#N. The summed E-state index contributed by atoms with van der Waals surface area (Å²) in [6.45, 7) is 3.91. The molecule has 116 valence electrons. The van der Waals surface area contributed by atoms with E-state index in [-0.39, 0.29) is 11.7 Å². The van der Waals surface area contributed by atoms with Gasteiger partial charge in [0.25, 0.3) is 0 Å². The number of hydrogen-bond donors (Lipinski definition) is 0. The lowest BCUT2D eigenvalue weighted by Gasteiger charge is -2.27. The van der Waals surface area contributed by atoms with E-state index in [0.717, 1.165) is 28.1 Å². The number of fused-ring (bicyclic) bond motifs is 2. The van der Waals surface area contributed by atoms with Crippen molar-refractivity contribution in [2.45, 2.75) is 19.8 Å². The van der Waals surface area contributed by atoms with Crippen LogP contribution < -0.4 is 0 Å². The number of aliphatic imine (C=N–C) groups is 1. The minimum atomic E-state index is -0.412. The Bertz CT molecular complexity index is 958. The second-order valence-electron chi connectivity index (χ2n) is 6.39. The Hall–Kier alpha value is -2.99. The molecule has 2 aromatic carbocycles. The molecule has 0 saturated heterocycles. The zero-order chi connectivity index (χ0) is 16.8. The highest BCUT2D eigenvalue weighted by Gasteiger charge is 2.42. The first-order valence-electron chi connectivity index (χ1n) is 8.01. The number of rotatable bonds is 1. The number of nitrogens with zero attached hydrogens (tertiary/aromatic N) is 2. The van der Waals surface area contributed by atoms with E-state index >= 15 is 0 Å². The maximum Gasteiger partial charge on any atom is 0.192 e. The van der Waals surface area contributed by atoms with Gasteiger partial charge in [-0.05, 0) is 19.4 Å². The Balaban J connectivity index is 1.96. The van der Waals surface area contributed by atoms with E-state index in [1.807, 2.05) is 62.4 Å². The van der Waals surface area contributed by atoms with Crippen molar-refractivity contribution in [2.75, 3.05) is 0 Å². The van der Waals surface area contributed by atoms with Crippen molar-refractivity contribution >= 4 is 17.2 Å². The molecule has 0 spiro atoms. The average Bonchev–Trinajstić information content (AvgIpc) is 2.87. The third kappa shape index (κ3) is 1.97. The maximum atomic E-state index is 13.0. The number of allylic oxidation sites excluding steroid dienone is 1. The standard InChI is InChI=1S/C21H16N2O/c1-12-7-9-14(10-8-12)18-17(11-22)13(2)23-20-15-5-3-4-6-16(15)21(24)19(18)20/h3-10,17-18H,1-2H3/t17?,18-/m1/s1. The van der Waals surface area contributed by atoms with Crippen molar-refractivity contribution in [3.8, 4) is 6.07 Å². The molecule has 1 aliphatic heterocycles. The first kappa shape index (κ1) is 14.6. The summed E-state index contributed by atoms with van der Waals surface area (Å²) in [5.74, 6) is -0.671. The molecule has 3 heteroatoms. The molecule has 3 nitrogen and oxygen atoms in total. The first-order valence-corrected chi connectivity index (χ1v) is 8.01. The number of benzene rings is 2. The highest BCUT2D eigenvalue weighted by Crippen LogP contribution is 2.47. The fourth-order valence-electron chi connectivity index (χ4n) is 3.65. The average molecular weight is 312 g/mol. The highest BCUT2D eigenvalue weighted by molar-refractivity contribution is 6.23. The summed E-state index contributed by atoms with van der Waals surface area (Å²) in [6, 6.07) is 18.0. The molecular formula is C21H16N2O. The summed E-state index contributed by atoms with van der Waals surface area (Å²) >= 11 is 0. The Labute approximate surface area is 141 Å². The molecule has 2 atom stereocenters. The van der Waals surface area contributed by atoms with Crippen LogP contribution in [0.2, 0.25) is 0 Å². The number of Topliss-reactive ketones (excluding diaryl/α,β-unsaturated/α-hetero) is 1. The van der Waals surface area contributed by atoms with E-state index in [0.29, 0.717) is 11.1 Å². The minimum Gasteiger partial charge on any atom is -0.289 e. The van der Waals surface area contributed by atoms with Crippen LogP contribution in [-0.4, -0.2) is 11.5 Å².